The molecule has 2 fully saturated rings. The number of aliphatic hydroxyl groups is 2. The number of piperidine rings is 1. The molecule has 0 radical (unpaired) electrons. The van der Waals surface area contributed by atoms with Gasteiger partial charge in [-0.25, -0.2) is 0 Å². The molecule has 26 heavy (non-hydrogen) atoms. The first-order valence-corrected chi connectivity index (χ1v) is 9.88. The molecule has 2 atom stereocenters. The molecule has 0 aromatic heterocycles. The molecule has 2 N–H and O–H groups in total. The maximum Gasteiger partial charge on any atom is 0.106 e. The maximum absolute atomic E-state index is 10.4. The van der Waals surface area contributed by atoms with Gasteiger partial charge in [0.2, 0.25) is 0 Å². The lowest BCUT2D eigenvalue weighted by Crippen LogP contribution is -2.59. The Hall–Kier alpha value is -0.980. The van der Waals surface area contributed by atoms with Crippen molar-refractivity contribution in [3.05, 3.63) is 35.9 Å². The van der Waals surface area contributed by atoms with Crippen LogP contribution >= 0.6 is 0 Å². The number of ether oxygens (including phenoxy) is 2. The molecule has 1 aromatic carbocycles. The van der Waals surface area contributed by atoms with Crippen molar-refractivity contribution >= 4 is 0 Å². The van der Waals surface area contributed by atoms with Crippen LogP contribution in [0.4, 0.5) is 0 Å². The fourth-order valence-electron chi connectivity index (χ4n) is 4.07. The van der Waals surface area contributed by atoms with E-state index in [9.17, 15) is 10.2 Å². The van der Waals surface area contributed by atoms with Gasteiger partial charge in [0.1, 0.15) is 6.10 Å². The van der Waals surface area contributed by atoms with Gasteiger partial charge in [-0.2, -0.15) is 0 Å². The minimum absolute atomic E-state index is 0.242. The van der Waals surface area contributed by atoms with Crippen LogP contribution < -0.4 is 0 Å². The van der Waals surface area contributed by atoms with Crippen LogP contribution in [0.2, 0.25) is 0 Å². The zero-order chi connectivity index (χ0) is 18.5. The smallest absolute Gasteiger partial charge is 0.106 e. The summed E-state index contributed by atoms with van der Waals surface area (Å²) in [5, 5.41) is 20.2. The van der Waals surface area contributed by atoms with Crippen LogP contribution in [0.1, 0.15) is 44.6 Å². The van der Waals surface area contributed by atoms with E-state index in [-0.39, 0.29) is 12.2 Å². The Labute approximate surface area is 156 Å². The summed E-state index contributed by atoms with van der Waals surface area (Å²) in [7, 11) is 0. The average molecular weight is 363 g/mol. The highest BCUT2D eigenvalue weighted by Gasteiger charge is 2.48. The monoisotopic (exact) mass is 363 g/mol. The molecular weight excluding hydrogens is 330 g/mol. The normalized spacial score (nSPS) is 29.1. The van der Waals surface area contributed by atoms with Crippen molar-refractivity contribution in [2.24, 2.45) is 0 Å². The third-order valence-corrected chi connectivity index (χ3v) is 5.84. The lowest BCUT2D eigenvalue weighted by molar-refractivity contribution is -0.223. The lowest BCUT2D eigenvalue weighted by atomic mass is 9.76. The molecule has 3 rings (SSSR count). The largest absolute Gasteiger partial charge is 0.388 e. The molecule has 146 valence electrons. The quantitative estimate of drug-likeness (QED) is 0.728. The van der Waals surface area contributed by atoms with Crippen LogP contribution in [0.5, 0.6) is 0 Å². The van der Waals surface area contributed by atoms with E-state index in [2.05, 4.69) is 17.0 Å². The predicted molar refractivity (Wildman–Crippen MR) is 101 cm³/mol. The van der Waals surface area contributed by atoms with Crippen molar-refractivity contribution in [3.8, 4) is 0 Å². The first-order chi connectivity index (χ1) is 12.5. The van der Waals surface area contributed by atoms with Crippen molar-refractivity contribution in [3.63, 3.8) is 0 Å². The molecule has 5 heteroatoms. The molecule has 5 nitrogen and oxygen atoms in total. The second-order valence-electron chi connectivity index (χ2n) is 8.13. The van der Waals surface area contributed by atoms with Crippen LogP contribution in [0, 0.1) is 0 Å². The predicted octanol–water partition coefficient (Wildman–Crippen LogP) is 2.35. The van der Waals surface area contributed by atoms with Crippen LogP contribution in [-0.2, 0) is 16.1 Å². The van der Waals surface area contributed by atoms with E-state index in [1.165, 1.54) is 5.56 Å². The Kier molecular flexibility index (Phi) is 6.70. The highest BCUT2D eigenvalue weighted by Crippen LogP contribution is 2.39. The summed E-state index contributed by atoms with van der Waals surface area (Å²) in [5.41, 5.74) is -0.0588. The summed E-state index contributed by atoms with van der Waals surface area (Å²) < 4.78 is 11.7. The molecule has 2 aliphatic heterocycles. The number of hydrogen-bond acceptors (Lipinski definition) is 5. The summed E-state index contributed by atoms with van der Waals surface area (Å²) in [5.74, 6) is 0. The number of aliphatic hydroxyl groups excluding tert-OH is 1. The van der Waals surface area contributed by atoms with Crippen LogP contribution in [-0.4, -0.2) is 65.3 Å². The molecule has 2 saturated heterocycles. The summed E-state index contributed by atoms with van der Waals surface area (Å²) in [6, 6.07) is 10.3. The Balaban J connectivity index is 1.29. The first kappa shape index (κ1) is 19.8. The minimum atomic E-state index is -1.03. The van der Waals surface area contributed by atoms with Crippen LogP contribution in [0.15, 0.2) is 30.3 Å². The summed E-state index contributed by atoms with van der Waals surface area (Å²) in [6.45, 7) is 6.54. The van der Waals surface area contributed by atoms with Gasteiger partial charge in [-0.05, 0) is 44.7 Å². The topological polar surface area (TPSA) is 62.2 Å². The number of nitrogens with zero attached hydrogens (tertiary/aromatic N) is 1. The second-order valence-corrected chi connectivity index (χ2v) is 8.13. The number of likely N-dealkylation sites (tertiary alicyclic amines) is 1. The van der Waals surface area contributed by atoms with Gasteiger partial charge in [0.15, 0.2) is 0 Å². The van der Waals surface area contributed by atoms with Gasteiger partial charge in [-0.15, -0.1) is 0 Å². The summed E-state index contributed by atoms with van der Waals surface area (Å²) in [6.07, 6.45) is 3.83. The highest BCUT2D eigenvalue weighted by molar-refractivity contribution is 5.13. The van der Waals surface area contributed by atoms with Crippen molar-refractivity contribution < 1.29 is 19.7 Å². The third-order valence-electron chi connectivity index (χ3n) is 5.84. The van der Waals surface area contributed by atoms with E-state index in [1.807, 2.05) is 18.2 Å². The standard InChI is InChI=1S/C21H33NO4/c1-20(24)17-21(26-16-19(20)23)9-12-22(13-10-21)11-5-6-14-25-15-18-7-3-2-4-8-18/h2-4,7-8,19,23-24H,5-6,9-17H2,1H3/t19-,20-/m0/s1. The summed E-state index contributed by atoms with van der Waals surface area (Å²) in [4.78, 5) is 2.48. The number of unbranched alkanes of at least 4 members (excludes halogenated alkanes) is 1. The number of benzene rings is 1. The maximum atomic E-state index is 10.4. The fourth-order valence-corrected chi connectivity index (χ4v) is 4.07. The lowest BCUT2D eigenvalue weighted by Gasteiger charge is -2.50. The molecule has 0 unspecified atom stereocenters. The summed E-state index contributed by atoms with van der Waals surface area (Å²) >= 11 is 0. The molecule has 2 aliphatic rings. The molecule has 0 aliphatic carbocycles. The van der Waals surface area contributed by atoms with Crippen LogP contribution in [0.25, 0.3) is 0 Å². The van der Waals surface area contributed by atoms with Gasteiger partial charge < -0.3 is 24.6 Å². The minimum Gasteiger partial charge on any atom is -0.388 e. The molecule has 0 amide bonds. The second kappa shape index (κ2) is 8.81. The Morgan fingerprint density at radius 1 is 1.19 bits per heavy atom. The van der Waals surface area contributed by atoms with E-state index < -0.39 is 11.7 Å². The van der Waals surface area contributed by atoms with E-state index in [1.54, 1.807) is 6.92 Å². The van der Waals surface area contributed by atoms with Crippen molar-refractivity contribution in [2.75, 3.05) is 32.8 Å². The zero-order valence-corrected chi connectivity index (χ0v) is 15.9. The SMILES string of the molecule is C[C@]1(O)CC2(CCN(CCCCOCc3ccccc3)CC2)OC[C@@H]1O. The molecular formula is C21H33NO4. The van der Waals surface area contributed by atoms with Crippen molar-refractivity contribution in [2.45, 2.75) is 62.9 Å². The van der Waals surface area contributed by atoms with E-state index in [4.69, 9.17) is 9.47 Å². The van der Waals surface area contributed by atoms with Crippen LogP contribution in [0.3, 0.4) is 0 Å². The van der Waals surface area contributed by atoms with Gasteiger partial charge in [-0.1, -0.05) is 30.3 Å². The number of hydrogen-bond donors (Lipinski definition) is 2. The number of rotatable bonds is 7. The van der Waals surface area contributed by atoms with Gasteiger partial charge >= 0.3 is 0 Å². The van der Waals surface area contributed by atoms with E-state index in [0.29, 0.717) is 13.0 Å². The van der Waals surface area contributed by atoms with Gasteiger partial charge in [0.25, 0.3) is 0 Å². The Morgan fingerprint density at radius 2 is 1.92 bits per heavy atom. The molecule has 2 heterocycles. The van der Waals surface area contributed by atoms with Gasteiger partial charge in [0, 0.05) is 26.1 Å². The first-order valence-electron chi connectivity index (χ1n) is 9.88. The van der Waals surface area contributed by atoms with Crippen molar-refractivity contribution in [1.82, 2.24) is 4.90 Å². The van der Waals surface area contributed by atoms with Crippen molar-refractivity contribution in [1.29, 1.82) is 0 Å². The van der Waals surface area contributed by atoms with E-state index >= 15 is 0 Å². The Bertz CT molecular complexity index is 540. The average Bonchev–Trinajstić information content (AvgIpc) is 2.64. The molecule has 0 saturated carbocycles. The van der Waals surface area contributed by atoms with E-state index in [0.717, 1.165) is 51.9 Å². The molecule has 0 bridgehead atoms. The highest BCUT2D eigenvalue weighted by atomic mass is 16.5. The fraction of sp³-hybridized carbons (Fsp3) is 0.714. The molecule has 1 spiro atoms. The Morgan fingerprint density at radius 3 is 2.62 bits per heavy atom. The third kappa shape index (κ3) is 5.27. The molecule has 1 aromatic rings. The van der Waals surface area contributed by atoms with Gasteiger partial charge in [0.05, 0.1) is 24.4 Å². The van der Waals surface area contributed by atoms with Gasteiger partial charge in [-0.3, -0.25) is 0 Å². The zero-order valence-electron chi connectivity index (χ0n) is 15.9.